The predicted molar refractivity (Wildman–Crippen MR) is 119 cm³/mol. The number of benzene rings is 2. The van der Waals surface area contributed by atoms with Gasteiger partial charge in [-0.3, -0.25) is 9.59 Å². The molecule has 0 bridgehead atoms. The summed E-state index contributed by atoms with van der Waals surface area (Å²) in [6, 6.07) is 16.7. The maximum Gasteiger partial charge on any atom is 0.253 e. The van der Waals surface area contributed by atoms with E-state index in [-0.39, 0.29) is 24.3 Å². The molecule has 0 spiro atoms. The number of likely N-dealkylation sites (tertiary alicyclic amines) is 1. The number of nitrogens with one attached hydrogen (secondary N) is 1. The molecule has 30 heavy (non-hydrogen) atoms. The zero-order valence-corrected chi connectivity index (χ0v) is 18.0. The highest BCUT2D eigenvalue weighted by Gasteiger charge is 2.36. The molecule has 2 aromatic rings. The quantitative estimate of drug-likeness (QED) is 0.700. The van der Waals surface area contributed by atoms with E-state index < -0.39 is 0 Å². The van der Waals surface area contributed by atoms with Crippen LogP contribution in [0.25, 0.3) is 0 Å². The second-order valence-electron chi connectivity index (χ2n) is 8.46. The van der Waals surface area contributed by atoms with Gasteiger partial charge in [-0.15, -0.1) is 0 Å². The predicted octanol–water partition coefficient (Wildman–Crippen LogP) is 5.38. The Morgan fingerprint density at radius 2 is 1.67 bits per heavy atom. The van der Waals surface area contributed by atoms with Gasteiger partial charge in [-0.2, -0.15) is 0 Å². The Bertz CT molecular complexity index is 884. The first-order valence-electron chi connectivity index (χ1n) is 11.0. The molecular formula is C25H29ClN2O2. The zero-order valence-electron chi connectivity index (χ0n) is 17.2. The third-order valence-electron chi connectivity index (χ3n) is 6.57. The van der Waals surface area contributed by atoms with Gasteiger partial charge < -0.3 is 10.2 Å². The molecule has 1 aliphatic heterocycles. The largest absolute Gasteiger partial charge is 0.345 e. The number of amides is 2. The second-order valence-corrected chi connectivity index (χ2v) is 8.87. The second kappa shape index (κ2) is 9.65. The molecule has 2 aromatic carbocycles. The van der Waals surface area contributed by atoms with Gasteiger partial charge >= 0.3 is 0 Å². The Hall–Kier alpha value is -2.33. The van der Waals surface area contributed by atoms with E-state index >= 15 is 0 Å². The molecule has 1 N–H and O–H groups in total. The van der Waals surface area contributed by atoms with Gasteiger partial charge in [-0.1, -0.05) is 66.9 Å². The summed E-state index contributed by atoms with van der Waals surface area (Å²) in [5, 5.41) is 3.47. The highest BCUT2D eigenvalue weighted by Crippen LogP contribution is 2.36. The van der Waals surface area contributed by atoms with E-state index in [1.165, 1.54) is 25.7 Å². The maximum absolute atomic E-state index is 13.4. The molecule has 2 aliphatic rings. The standard InChI is InChI=1S/C25H29ClN2O2/c26-21-14-6-5-13-20(21)25(30)27-22(18-9-2-1-3-10-18)17-24(29)28-16-8-12-19-11-4-7-15-23(19)28/h1-3,5-6,9-10,13-14,19,22-23H,4,7-8,11-12,15-17H2,(H,27,30)/t19-,22+,23+/m0/s1. The molecule has 1 saturated heterocycles. The SMILES string of the molecule is O=C(N[C@H](CC(=O)N1CCC[C@@H]2CCCC[C@H]21)c1ccccc1)c1ccccc1Cl. The molecule has 5 heteroatoms. The van der Waals surface area contributed by atoms with Crippen LogP contribution >= 0.6 is 11.6 Å². The van der Waals surface area contributed by atoms with Crippen LogP contribution in [0.4, 0.5) is 0 Å². The molecule has 158 valence electrons. The monoisotopic (exact) mass is 424 g/mol. The van der Waals surface area contributed by atoms with Gasteiger partial charge in [0.15, 0.2) is 0 Å². The van der Waals surface area contributed by atoms with Crippen molar-refractivity contribution in [2.24, 2.45) is 5.92 Å². The molecular weight excluding hydrogens is 396 g/mol. The van der Waals surface area contributed by atoms with Crippen molar-refractivity contribution in [1.29, 1.82) is 0 Å². The lowest BCUT2D eigenvalue weighted by molar-refractivity contribution is -0.138. The first-order valence-corrected chi connectivity index (χ1v) is 11.4. The average Bonchev–Trinajstić information content (AvgIpc) is 2.79. The summed E-state index contributed by atoms with van der Waals surface area (Å²) in [7, 11) is 0. The summed E-state index contributed by atoms with van der Waals surface area (Å²) < 4.78 is 0. The fourth-order valence-electron chi connectivity index (χ4n) is 5.05. The Labute approximate surface area is 183 Å². The smallest absolute Gasteiger partial charge is 0.253 e. The topological polar surface area (TPSA) is 49.4 Å². The molecule has 2 amide bonds. The number of halogens is 1. The zero-order chi connectivity index (χ0) is 20.9. The van der Waals surface area contributed by atoms with Crippen molar-refractivity contribution in [1.82, 2.24) is 10.2 Å². The van der Waals surface area contributed by atoms with Crippen molar-refractivity contribution < 1.29 is 9.59 Å². The molecule has 1 aliphatic carbocycles. The summed E-state index contributed by atoms with van der Waals surface area (Å²) in [6.07, 6.45) is 7.41. The van der Waals surface area contributed by atoms with Gasteiger partial charge in [0.2, 0.25) is 5.91 Å². The van der Waals surface area contributed by atoms with E-state index in [4.69, 9.17) is 11.6 Å². The van der Waals surface area contributed by atoms with E-state index in [1.807, 2.05) is 30.3 Å². The molecule has 3 atom stereocenters. The summed E-state index contributed by atoms with van der Waals surface area (Å²) in [5.74, 6) is 0.528. The lowest BCUT2D eigenvalue weighted by atomic mass is 9.78. The van der Waals surface area contributed by atoms with Crippen LogP contribution in [0.1, 0.15) is 66.9 Å². The highest BCUT2D eigenvalue weighted by molar-refractivity contribution is 6.33. The summed E-state index contributed by atoms with van der Waals surface area (Å²) >= 11 is 6.22. The number of rotatable bonds is 5. The minimum absolute atomic E-state index is 0.139. The number of fused-ring (bicyclic) bond motifs is 1. The van der Waals surface area contributed by atoms with Crippen LogP contribution in [-0.2, 0) is 4.79 Å². The van der Waals surface area contributed by atoms with E-state index in [2.05, 4.69) is 10.2 Å². The maximum atomic E-state index is 13.4. The highest BCUT2D eigenvalue weighted by atomic mass is 35.5. The number of carbonyl (C=O) groups is 2. The van der Waals surface area contributed by atoms with Crippen molar-refractivity contribution in [3.63, 3.8) is 0 Å². The molecule has 0 aromatic heterocycles. The number of nitrogens with zero attached hydrogens (tertiary/aromatic N) is 1. The van der Waals surface area contributed by atoms with Gasteiger partial charge in [0.25, 0.3) is 5.91 Å². The van der Waals surface area contributed by atoms with Crippen LogP contribution in [0, 0.1) is 5.92 Å². The normalized spacial score (nSPS) is 22.1. The van der Waals surface area contributed by atoms with Crippen LogP contribution in [0.5, 0.6) is 0 Å². The van der Waals surface area contributed by atoms with E-state index in [0.29, 0.717) is 22.5 Å². The summed E-state index contributed by atoms with van der Waals surface area (Å²) in [5.41, 5.74) is 1.36. The van der Waals surface area contributed by atoms with Crippen LogP contribution in [0.15, 0.2) is 54.6 Å². The molecule has 4 rings (SSSR count). The molecule has 4 nitrogen and oxygen atoms in total. The van der Waals surface area contributed by atoms with E-state index in [9.17, 15) is 9.59 Å². The van der Waals surface area contributed by atoms with Crippen molar-refractivity contribution in [2.45, 2.75) is 57.0 Å². The third-order valence-corrected chi connectivity index (χ3v) is 6.90. The number of hydrogen-bond acceptors (Lipinski definition) is 2. The summed E-state index contributed by atoms with van der Waals surface area (Å²) in [6.45, 7) is 0.833. The molecule has 1 heterocycles. The average molecular weight is 425 g/mol. The Morgan fingerprint density at radius 3 is 2.47 bits per heavy atom. The van der Waals surface area contributed by atoms with Gasteiger partial charge in [0.05, 0.1) is 23.0 Å². The fraction of sp³-hybridized carbons (Fsp3) is 0.440. The minimum Gasteiger partial charge on any atom is -0.345 e. The third kappa shape index (κ3) is 4.70. The van der Waals surface area contributed by atoms with E-state index in [1.54, 1.807) is 24.3 Å². The Balaban J connectivity index is 1.52. The van der Waals surface area contributed by atoms with Gasteiger partial charge in [0.1, 0.15) is 0 Å². The first kappa shape index (κ1) is 20.9. The van der Waals surface area contributed by atoms with Crippen LogP contribution < -0.4 is 5.32 Å². The van der Waals surface area contributed by atoms with Gasteiger partial charge in [-0.05, 0) is 49.3 Å². The number of piperidine rings is 1. The first-order chi connectivity index (χ1) is 14.6. The molecule has 1 saturated carbocycles. The van der Waals surface area contributed by atoms with Crippen LogP contribution in [-0.4, -0.2) is 29.3 Å². The van der Waals surface area contributed by atoms with Crippen molar-refractivity contribution in [3.8, 4) is 0 Å². The number of hydrogen-bond donors (Lipinski definition) is 1. The van der Waals surface area contributed by atoms with Crippen LogP contribution in [0.2, 0.25) is 5.02 Å². The molecule has 0 radical (unpaired) electrons. The lowest BCUT2D eigenvalue weighted by Crippen LogP contribution is -2.50. The van der Waals surface area contributed by atoms with Crippen molar-refractivity contribution in [2.75, 3.05) is 6.54 Å². The molecule has 0 unspecified atom stereocenters. The van der Waals surface area contributed by atoms with Crippen molar-refractivity contribution >= 4 is 23.4 Å². The fourth-order valence-corrected chi connectivity index (χ4v) is 5.27. The van der Waals surface area contributed by atoms with Crippen LogP contribution in [0.3, 0.4) is 0 Å². The minimum atomic E-state index is -0.383. The van der Waals surface area contributed by atoms with Crippen molar-refractivity contribution in [3.05, 3.63) is 70.7 Å². The number of carbonyl (C=O) groups excluding carboxylic acids is 2. The Morgan fingerprint density at radius 1 is 0.967 bits per heavy atom. The Kier molecular flexibility index (Phi) is 6.73. The summed E-state index contributed by atoms with van der Waals surface area (Å²) in [4.78, 5) is 28.4. The molecule has 2 fully saturated rings. The van der Waals surface area contributed by atoms with Gasteiger partial charge in [-0.25, -0.2) is 0 Å². The van der Waals surface area contributed by atoms with E-state index in [0.717, 1.165) is 24.9 Å². The lowest BCUT2D eigenvalue weighted by Gasteiger charge is -2.44. The van der Waals surface area contributed by atoms with Gasteiger partial charge in [0, 0.05) is 12.6 Å².